The number of rotatable bonds is 7. The van der Waals surface area contributed by atoms with Gasteiger partial charge in [-0.2, -0.15) is 0 Å². The summed E-state index contributed by atoms with van der Waals surface area (Å²) in [5.74, 6) is 0.00269. The van der Waals surface area contributed by atoms with Crippen molar-refractivity contribution in [3.8, 4) is 0 Å². The highest BCUT2D eigenvalue weighted by Gasteiger charge is 2.20. The lowest BCUT2D eigenvalue weighted by atomic mass is 10.00. The van der Waals surface area contributed by atoms with Crippen LogP contribution in [0.2, 0.25) is 0 Å². The number of hydrogen-bond donors (Lipinski definition) is 1. The molecule has 0 spiro atoms. The standard InChI is InChI=1S/C17H19NO2/c18-11-12-20-16(13-14-7-3-1-4-8-14)17(19)15-9-5-2-6-10-15/h1-10,16H,11-13,18H2. The first kappa shape index (κ1) is 14.4. The number of nitrogens with two attached hydrogens (primary N) is 1. The molecule has 0 aliphatic rings. The molecule has 0 fully saturated rings. The van der Waals surface area contributed by atoms with E-state index in [4.69, 9.17) is 10.5 Å². The van der Waals surface area contributed by atoms with Crippen molar-refractivity contribution in [2.45, 2.75) is 12.5 Å². The zero-order chi connectivity index (χ0) is 14.2. The van der Waals surface area contributed by atoms with Gasteiger partial charge in [-0.3, -0.25) is 4.79 Å². The zero-order valence-corrected chi connectivity index (χ0v) is 11.4. The molecule has 104 valence electrons. The van der Waals surface area contributed by atoms with Gasteiger partial charge in [0.1, 0.15) is 6.10 Å². The molecule has 1 atom stereocenters. The van der Waals surface area contributed by atoms with Crippen LogP contribution in [0.5, 0.6) is 0 Å². The maximum absolute atomic E-state index is 12.5. The van der Waals surface area contributed by atoms with E-state index in [1.807, 2.05) is 60.7 Å². The quantitative estimate of drug-likeness (QED) is 0.786. The molecule has 0 bridgehead atoms. The number of carbonyl (C=O) groups is 1. The molecule has 0 heterocycles. The lowest BCUT2D eigenvalue weighted by Gasteiger charge is -2.16. The summed E-state index contributed by atoms with van der Waals surface area (Å²) in [6.45, 7) is 0.795. The number of hydrogen-bond acceptors (Lipinski definition) is 3. The van der Waals surface area contributed by atoms with Crippen molar-refractivity contribution in [1.29, 1.82) is 0 Å². The van der Waals surface area contributed by atoms with E-state index in [9.17, 15) is 4.79 Å². The maximum Gasteiger partial charge on any atom is 0.191 e. The molecule has 2 aromatic carbocycles. The molecule has 0 saturated carbocycles. The van der Waals surface area contributed by atoms with Crippen molar-refractivity contribution in [3.05, 3.63) is 71.8 Å². The summed E-state index contributed by atoms with van der Waals surface area (Å²) >= 11 is 0. The van der Waals surface area contributed by atoms with E-state index in [0.717, 1.165) is 5.56 Å². The molecule has 2 N–H and O–H groups in total. The second-order valence-corrected chi connectivity index (χ2v) is 4.57. The molecule has 0 saturated heterocycles. The summed E-state index contributed by atoms with van der Waals surface area (Å²) in [6.07, 6.45) is 0.0810. The number of carbonyl (C=O) groups excluding carboxylic acids is 1. The summed E-state index contributed by atoms with van der Waals surface area (Å²) < 4.78 is 5.64. The van der Waals surface area contributed by atoms with Crippen molar-refractivity contribution in [2.75, 3.05) is 13.2 Å². The Bertz CT molecular complexity index is 525. The fourth-order valence-electron chi connectivity index (χ4n) is 2.05. The minimum atomic E-state index is -0.483. The topological polar surface area (TPSA) is 52.3 Å². The smallest absolute Gasteiger partial charge is 0.191 e. The van der Waals surface area contributed by atoms with Crippen LogP contribution in [0.3, 0.4) is 0 Å². The minimum absolute atomic E-state index is 0.00269. The number of benzene rings is 2. The van der Waals surface area contributed by atoms with Gasteiger partial charge < -0.3 is 10.5 Å². The van der Waals surface area contributed by atoms with Gasteiger partial charge in [0.2, 0.25) is 0 Å². The van der Waals surface area contributed by atoms with Crippen molar-refractivity contribution in [2.24, 2.45) is 5.73 Å². The predicted octanol–water partition coefficient (Wildman–Crippen LogP) is 2.46. The van der Waals surface area contributed by atoms with Crippen molar-refractivity contribution in [1.82, 2.24) is 0 Å². The highest BCUT2D eigenvalue weighted by atomic mass is 16.5. The SMILES string of the molecule is NCCOC(Cc1ccccc1)C(=O)c1ccccc1. The molecule has 0 radical (unpaired) electrons. The molecular weight excluding hydrogens is 250 g/mol. The summed E-state index contributed by atoms with van der Waals surface area (Å²) in [6, 6.07) is 19.1. The monoisotopic (exact) mass is 269 g/mol. The number of ether oxygens (including phenoxy) is 1. The Morgan fingerprint density at radius 2 is 1.60 bits per heavy atom. The average molecular weight is 269 g/mol. The molecule has 1 unspecified atom stereocenters. The van der Waals surface area contributed by atoms with Gasteiger partial charge in [-0.1, -0.05) is 60.7 Å². The predicted molar refractivity (Wildman–Crippen MR) is 79.7 cm³/mol. The van der Waals surface area contributed by atoms with Crippen molar-refractivity contribution < 1.29 is 9.53 Å². The largest absolute Gasteiger partial charge is 0.368 e. The van der Waals surface area contributed by atoms with E-state index in [0.29, 0.717) is 25.1 Å². The molecule has 0 aliphatic carbocycles. The van der Waals surface area contributed by atoms with Gasteiger partial charge in [-0.05, 0) is 5.56 Å². The van der Waals surface area contributed by atoms with Crippen LogP contribution in [0, 0.1) is 0 Å². The van der Waals surface area contributed by atoms with Gasteiger partial charge in [0, 0.05) is 18.5 Å². The summed E-state index contributed by atoms with van der Waals surface area (Å²) in [5.41, 5.74) is 7.23. The van der Waals surface area contributed by atoms with Crippen LogP contribution in [0.15, 0.2) is 60.7 Å². The van der Waals surface area contributed by atoms with Gasteiger partial charge in [0.05, 0.1) is 6.61 Å². The molecule has 0 amide bonds. The van der Waals surface area contributed by atoms with Crippen LogP contribution in [0.25, 0.3) is 0 Å². The Labute approximate surface area is 119 Å². The molecule has 20 heavy (non-hydrogen) atoms. The molecule has 2 aromatic rings. The van der Waals surface area contributed by atoms with E-state index in [2.05, 4.69) is 0 Å². The lowest BCUT2D eigenvalue weighted by Crippen LogP contribution is -2.29. The van der Waals surface area contributed by atoms with E-state index in [1.165, 1.54) is 0 Å². The fourth-order valence-corrected chi connectivity index (χ4v) is 2.05. The number of ketones is 1. The van der Waals surface area contributed by atoms with E-state index in [-0.39, 0.29) is 5.78 Å². The Morgan fingerprint density at radius 3 is 2.20 bits per heavy atom. The maximum atomic E-state index is 12.5. The highest BCUT2D eigenvalue weighted by molar-refractivity contribution is 5.99. The van der Waals surface area contributed by atoms with Crippen LogP contribution in [-0.2, 0) is 11.2 Å². The molecule has 3 nitrogen and oxygen atoms in total. The number of Topliss-reactive ketones (excluding diaryl/α,β-unsaturated/α-hetero) is 1. The third kappa shape index (κ3) is 4.02. The molecule has 3 heteroatoms. The second kappa shape index (κ2) is 7.58. The average Bonchev–Trinajstić information content (AvgIpc) is 2.52. The van der Waals surface area contributed by atoms with Gasteiger partial charge in [-0.15, -0.1) is 0 Å². The summed E-state index contributed by atoms with van der Waals surface area (Å²) in [4.78, 5) is 12.5. The summed E-state index contributed by atoms with van der Waals surface area (Å²) in [5, 5.41) is 0. The first-order valence-corrected chi connectivity index (χ1v) is 6.76. The third-order valence-electron chi connectivity index (χ3n) is 3.05. The second-order valence-electron chi connectivity index (χ2n) is 4.57. The Balaban J connectivity index is 2.13. The molecule has 0 aliphatic heterocycles. The van der Waals surface area contributed by atoms with Crippen LogP contribution in [0.4, 0.5) is 0 Å². The third-order valence-corrected chi connectivity index (χ3v) is 3.05. The van der Waals surface area contributed by atoms with E-state index >= 15 is 0 Å². The molecule has 2 rings (SSSR count). The Hall–Kier alpha value is -1.97. The van der Waals surface area contributed by atoms with Crippen molar-refractivity contribution in [3.63, 3.8) is 0 Å². The minimum Gasteiger partial charge on any atom is -0.368 e. The molecular formula is C17H19NO2. The van der Waals surface area contributed by atoms with Gasteiger partial charge in [0.25, 0.3) is 0 Å². The van der Waals surface area contributed by atoms with Crippen LogP contribution in [-0.4, -0.2) is 25.0 Å². The first-order chi connectivity index (χ1) is 9.81. The van der Waals surface area contributed by atoms with Gasteiger partial charge >= 0.3 is 0 Å². The van der Waals surface area contributed by atoms with Gasteiger partial charge in [0.15, 0.2) is 5.78 Å². The van der Waals surface area contributed by atoms with E-state index in [1.54, 1.807) is 0 Å². The summed E-state index contributed by atoms with van der Waals surface area (Å²) in [7, 11) is 0. The fraction of sp³-hybridized carbons (Fsp3) is 0.235. The van der Waals surface area contributed by atoms with Crippen LogP contribution < -0.4 is 5.73 Å². The van der Waals surface area contributed by atoms with Crippen LogP contribution in [0.1, 0.15) is 15.9 Å². The zero-order valence-electron chi connectivity index (χ0n) is 11.4. The van der Waals surface area contributed by atoms with Crippen LogP contribution >= 0.6 is 0 Å². The van der Waals surface area contributed by atoms with Crippen molar-refractivity contribution >= 4 is 5.78 Å². The Morgan fingerprint density at radius 1 is 1.00 bits per heavy atom. The van der Waals surface area contributed by atoms with Gasteiger partial charge in [-0.25, -0.2) is 0 Å². The lowest BCUT2D eigenvalue weighted by molar-refractivity contribution is 0.0439. The molecule has 0 aromatic heterocycles. The van der Waals surface area contributed by atoms with E-state index < -0.39 is 6.10 Å². The Kier molecular flexibility index (Phi) is 5.47. The normalized spacial score (nSPS) is 12.1. The first-order valence-electron chi connectivity index (χ1n) is 6.76. The highest BCUT2D eigenvalue weighted by Crippen LogP contribution is 2.12.